The van der Waals surface area contributed by atoms with Crippen LogP contribution in [-0.2, 0) is 11.2 Å². The number of fused-ring (bicyclic) bond motifs is 1. The van der Waals surface area contributed by atoms with Crippen molar-refractivity contribution in [3.8, 4) is 0 Å². The molecule has 0 heterocycles. The van der Waals surface area contributed by atoms with Crippen LogP contribution in [0.3, 0.4) is 0 Å². The largest absolute Gasteiger partial charge is 0.427 e. The lowest BCUT2D eigenvalue weighted by Gasteiger charge is -2.17. The maximum absolute atomic E-state index is 11.2. The Labute approximate surface area is 84.7 Å². The first kappa shape index (κ1) is 9.07. The molecule has 0 aliphatic heterocycles. The lowest BCUT2D eigenvalue weighted by Crippen LogP contribution is -2.13. The molecule has 0 amide bonds. The van der Waals surface area contributed by atoms with Crippen LogP contribution in [0, 0.1) is 0 Å². The van der Waals surface area contributed by atoms with Crippen LogP contribution in [0.5, 0.6) is 0 Å². The van der Waals surface area contributed by atoms with Crippen molar-refractivity contribution in [1.82, 2.24) is 0 Å². The Morgan fingerprint density at radius 3 is 2.86 bits per heavy atom. The zero-order valence-electron chi connectivity index (χ0n) is 8.03. The second-order valence-corrected chi connectivity index (χ2v) is 3.47. The van der Waals surface area contributed by atoms with Gasteiger partial charge in [0.15, 0.2) is 5.78 Å². The van der Waals surface area contributed by atoms with E-state index in [9.17, 15) is 4.79 Å². The SMILES string of the molecule is [B]N(C)c1ccc2c(c1)CC(=O)C=C2. The summed E-state index contributed by atoms with van der Waals surface area (Å²) in [6.45, 7) is 0. The zero-order chi connectivity index (χ0) is 10.1. The van der Waals surface area contributed by atoms with Gasteiger partial charge in [-0.2, -0.15) is 0 Å². The van der Waals surface area contributed by atoms with Crippen molar-refractivity contribution in [1.29, 1.82) is 0 Å². The van der Waals surface area contributed by atoms with Crippen LogP contribution in [0.25, 0.3) is 6.08 Å². The number of carbonyl (C=O) groups is 1. The van der Waals surface area contributed by atoms with Gasteiger partial charge in [0.1, 0.15) is 0 Å². The Morgan fingerprint density at radius 1 is 1.36 bits per heavy atom. The van der Waals surface area contributed by atoms with E-state index in [0.29, 0.717) is 6.42 Å². The number of allylic oxidation sites excluding steroid dienone is 1. The first-order valence-electron chi connectivity index (χ1n) is 4.49. The third-order valence-electron chi connectivity index (χ3n) is 2.35. The summed E-state index contributed by atoms with van der Waals surface area (Å²) in [4.78, 5) is 12.7. The minimum absolute atomic E-state index is 0.148. The average Bonchev–Trinajstić information content (AvgIpc) is 2.16. The normalized spacial score (nSPS) is 13.9. The topological polar surface area (TPSA) is 20.3 Å². The molecule has 0 fully saturated rings. The molecule has 1 aromatic carbocycles. The molecule has 0 N–H and O–H groups in total. The number of hydrogen-bond donors (Lipinski definition) is 0. The smallest absolute Gasteiger partial charge is 0.226 e. The molecule has 0 unspecified atom stereocenters. The van der Waals surface area contributed by atoms with Gasteiger partial charge < -0.3 is 4.81 Å². The van der Waals surface area contributed by atoms with Crippen molar-refractivity contribution < 1.29 is 4.79 Å². The summed E-state index contributed by atoms with van der Waals surface area (Å²) >= 11 is 0. The van der Waals surface area contributed by atoms with E-state index < -0.39 is 0 Å². The minimum Gasteiger partial charge on any atom is -0.427 e. The lowest BCUT2D eigenvalue weighted by molar-refractivity contribution is -0.114. The molecule has 0 saturated carbocycles. The van der Waals surface area contributed by atoms with E-state index in [-0.39, 0.29) is 5.78 Å². The molecule has 0 spiro atoms. The quantitative estimate of drug-likeness (QED) is 0.612. The van der Waals surface area contributed by atoms with Gasteiger partial charge in [0.25, 0.3) is 0 Å². The summed E-state index contributed by atoms with van der Waals surface area (Å²) in [6, 6.07) is 5.88. The first-order chi connectivity index (χ1) is 6.66. The summed E-state index contributed by atoms with van der Waals surface area (Å²) in [5.74, 6) is 0.148. The van der Waals surface area contributed by atoms with E-state index in [1.54, 1.807) is 17.9 Å². The number of rotatable bonds is 1. The molecule has 0 atom stereocenters. The number of benzene rings is 1. The molecule has 1 aliphatic rings. The average molecular weight is 183 g/mol. The highest BCUT2D eigenvalue weighted by Crippen LogP contribution is 2.22. The Kier molecular flexibility index (Phi) is 2.16. The van der Waals surface area contributed by atoms with Crippen LogP contribution in [0.15, 0.2) is 24.3 Å². The van der Waals surface area contributed by atoms with Crippen LogP contribution in [0.1, 0.15) is 11.1 Å². The highest BCUT2D eigenvalue weighted by atomic mass is 16.1. The van der Waals surface area contributed by atoms with Crippen molar-refractivity contribution in [2.45, 2.75) is 6.42 Å². The monoisotopic (exact) mass is 183 g/mol. The standard InChI is InChI=1S/C11H10BNO/c1-13(12)10-4-2-8-3-5-11(14)7-9(8)6-10/h2-6H,7H2,1H3. The number of hydrogen-bond acceptors (Lipinski definition) is 2. The van der Waals surface area contributed by atoms with Crippen molar-refractivity contribution in [2.75, 3.05) is 11.9 Å². The van der Waals surface area contributed by atoms with Gasteiger partial charge in [-0.15, -0.1) is 0 Å². The summed E-state index contributed by atoms with van der Waals surface area (Å²) in [5, 5.41) is 0. The molecular formula is C11H10BNO. The van der Waals surface area contributed by atoms with Crippen LogP contribution in [-0.4, -0.2) is 20.8 Å². The maximum atomic E-state index is 11.2. The Hall–Kier alpha value is -1.51. The Bertz CT molecular complexity index is 410. The molecule has 2 rings (SSSR count). The highest BCUT2D eigenvalue weighted by Gasteiger charge is 2.10. The van der Waals surface area contributed by atoms with Crippen molar-refractivity contribution in [3.05, 3.63) is 35.4 Å². The molecule has 0 bridgehead atoms. The second kappa shape index (κ2) is 3.33. The van der Waals surface area contributed by atoms with Crippen LogP contribution in [0.2, 0.25) is 0 Å². The van der Waals surface area contributed by atoms with E-state index in [1.807, 2.05) is 24.3 Å². The van der Waals surface area contributed by atoms with E-state index in [0.717, 1.165) is 16.8 Å². The molecule has 14 heavy (non-hydrogen) atoms. The van der Waals surface area contributed by atoms with E-state index >= 15 is 0 Å². The van der Waals surface area contributed by atoms with Gasteiger partial charge >= 0.3 is 0 Å². The molecule has 3 heteroatoms. The van der Waals surface area contributed by atoms with Gasteiger partial charge in [-0.25, -0.2) is 0 Å². The highest BCUT2D eigenvalue weighted by molar-refractivity contribution is 6.17. The van der Waals surface area contributed by atoms with Crippen LogP contribution in [0.4, 0.5) is 5.69 Å². The summed E-state index contributed by atoms with van der Waals surface area (Å²) in [7, 11) is 7.39. The van der Waals surface area contributed by atoms with Gasteiger partial charge in [0.2, 0.25) is 7.98 Å². The maximum Gasteiger partial charge on any atom is 0.226 e. The number of ketones is 1. The van der Waals surface area contributed by atoms with Crippen LogP contribution < -0.4 is 4.81 Å². The molecule has 1 aliphatic carbocycles. The van der Waals surface area contributed by atoms with E-state index in [2.05, 4.69) is 0 Å². The van der Waals surface area contributed by atoms with Gasteiger partial charge in [-0.3, -0.25) is 4.79 Å². The molecule has 0 saturated heterocycles. The van der Waals surface area contributed by atoms with Crippen molar-refractivity contribution in [3.63, 3.8) is 0 Å². The molecule has 2 radical (unpaired) electrons. The number of anilines is 1. The van der Waals surface area contributed by atoms with Gasteiger partial charge in [-0.1, -0.05) is 12.1 Å². The molecule has 68 valence electrons. The predicted octanol–water partition coefficient (Wildman–Crippen LogP) is 1.34. The Balaban J connectivity index is 2.44. The molecule has 2 nitrogen and oxygen atoms in total. The molecule has 0 aromatic heterocycles. The number of nitrogens with zero attached hydrogens (tertiary/aromatic N) is 1. The Morgan fingerprint density at radius 2 is 2.14 bits per heavy atom. The van der Waals surface area contributed by atoms with E-state index in [4.69, 9.17) is 7.98 Å². The second-order valence-electron chi connectivity index (χ2n) is 3.47. The van der Waals surface area contributed by atoms with Gasteiger partial charge in [0, 0.05) is 12.1 Å². The third-order valence-corrected chi connectivity index (χ3v) is 2.35. The molecular weight excluding hydrogens is 173 g/mol. The molecule has 1 aromatic rings. The zero-order valence-corrected chi connectivity index (χ0v) is 8.03. The van der Waals surface area contributed by atoms with Crippen molar-refractivity contribution in [2.24, 2.45) is 0 Å². The predicted molar refractivity (Wildman–Crippen MR) is 58.3 cm³/mol. The first-order valence-corrected chi connectivity index (χ1v) is 4.49. The van der Waals surface area contributed by atoms with Gasteiger partial charge in [-0.05, 0) is 36.4 Å². The van der Waals surface area contributed by atoms with E-state index in [1.165, 1.54) is 0 Å². The van der Waals surface area contributed by atoms with Gasteiger partial charge in [0.05, 0.1) is 0 Å². The fourth-order valence-corrected chi connectivity index (χ4v) is 1.56. The summed E-state index contributed by atoms with van der Waals surface area (Å²) in [5.41, 5.74) is 3.08. The minimum atomic E-state index is 0.148. The summed E-state index contributed by atoms with van der Waals surface area (Å²) in [6.07, 6.45) is 3.95. The summed E-state index contributed by atoms with van der Waals surface area (Å²) < 4.78 is 0. The third kappa shape index (κ3) is 1.58. The fraction of sp³-hybridized carbons (Fsp3) is 0.182. The van der Waals surface area contributed by atoms with Crippen LogP contribution >= 0.6 is 0 Å². The fourth-order valence-electron chi connectivity index (χ4n) is 1.56. The number of carbonyl (C=O) groups excluding carboxylic acids is 1. The lowest BCUT2D eigenvalue weighted by atomic mass is 9.95. The van der Waals surface area contributed by atoms with Crippen molar-refractivity contribution >= 4 is 25.5 Å².